The van der Waals surface area contributed by atoms with Gasteiger partial charge in [-0.1, -0.05) is 51.3 Å². The Kier molecular flexibility index (Phi) is 7.59. The van der Waals surface area contributed by atoms with Gasteiger partial charge in [-0.2, -0.15) is 0 Å². The third kappa shape index (κ3) is 5.28. The smallest absolute Gasteiger partial charge is 0.338 e. The molecule has 2 aromatic rings. The van der Waals surface area contributed by atoms with Crippen LogP contribution in [-0.2, 0) is 4.74 Å². The van der Waals surface area contributed by atoms with E-state index in [9.17, 15) is 14.0 Å². The fourth-order valence-corrected chi connectivity index (χ4v) is 4.05. The van der Waals surface area contributed by atoms with E-state index in [0.29, 0.717) is 25.1 Å². The van der Waals surface area contributed by atoms with Gasteiger partial charge >= 0.3 is 5.97 Å². The normalized spacial score (nSPS) is 16.1. The molecule has 6 heteroatoms. The summed E-state index contributed by atoms with van der Waals surface area (Å²) < 4.78 is 18.2. The van der Waals surface area contributed by atoms with E-state index in [1.807, 2.05) is 24.3 Å². The first-order valence-corrected chi connectivity index (χ1v) is 10.9. The Bertz CT molecular complexity index is 1100. The number of halogens is 1. The molecule has 0 saturated carbocycles. The molecule has 1 unspecified atom stereocenters. The number of hydrogen-bond acceptors (Lipinski definition) is 4. The lowest BCUT2D eigenvalue weighted by atomic mass is 9.86. The first-order chi connectivity index (χ1) is 15.8. The van der Waals surface area contributed by atoms with Crippen molar-refractivity contribution in [3.63, 3.8) is 0 Å². The number of benzene rings is 1. The highest BCUT2D eigenvalue weighted by atomic mass is 19.1. The van der Waals surface area contributed by atoms with Crippen LogP contribution >= 0.6 is 0 Å². The number of pyridine rings is 1. The van der Waals surface area contributed by atoms with Crippen LogP contribution in [0.5, 0.6) is 0 Å². The molecule has 1 saturated heterocycles. The topological polar surface area (TPSA) is 59.5 Å². The lowest BCUT2D eigenvalue weighted by molar-refractivity contribution is 0.0599. The maximum absolute atomic E-state index is 13.2. The van der Waals surface area contributed by atoms with E-state index in [4.69, 9.17) is 4.74 Å². The molecule has 1 aromatic carbocycles. The summed E-state index contributed by atoms with van der Waals surface area (Å²) in [7, 11) is 1.36. The molecule has 0 radical (unpaired) electrons. The number of allylic oxidation sites excluding steroid dienone is 4. The minimum Gasteiger partial charge on any atom is -0.465 e. The van der Waals surface area contributed by atoms with Crippen LogP contribution in [0.2, 0.25) is 0 Å². The summed E-state index contributed by atoms with van der Waals surface area (Å²) in [6, 6.07) is 8.34. The Labute approximate surface area is 194 Å². The highest BCUT2D eigenvalue weighted by Gasteiger charge is 2.31. The van der Waals surface area contributed by atoms with Gasteiger partial charge in [-0.15, -0.1) is 0 Å². The van der Waals surface area contributed by atoms with Crippen molar-refractivity contribution in [1.29, 1.82) is 0 Å². The van der Waals surface area contributed by atoms with Crippen LogP contribution in [0.4, 0.5) is 4.39 Å². The number of nitrogens with zero attached hydrogens (tertiary/aromatic N) is 2. The van der Waals surface area contributed by atoms with Crippen molar-refractivity contribution in [2.75, 3.05) is 20.2 Å². The molecular formula is C27H29FN2O3. The van der Waals surface area contributed by atoms with Crippen molar-refractivity contribution in [2.24, 2.45) is 5.92 Å². The van der Waals surface area contributed by atoms with Gasteiger partial charge in [0.25, 0.3) is 5.91 Å². The van der Waals surface area contributed by atoms with E-state index in [1.165, 1.54) is 19.2 Å². The molecule has 0 aliphatic carbocycles. The fraction of sp³-hybridized carbons (Fsp3) is 0.296. The summed E-state index contributed by atoms with van der Waals surface area (Å²) >= 11 is 0. The van der Waals surface area contributed by atoms with Gasteiger partial charge in [0.05, 0.1) is 18.9 Å². The van der Waals surface area contributed by atoms with Gasteiger partial charge in [0.15, 0.2) is 0 Å². The predicted octanol–water partition coefficient (Wildman–Crippen LogP) is 5.42. The predicted molar refractivity (Wildman–Crippen MR) is 127 cm³/mol. The van der Waals surface area contributed by atoms with Crippen molar-refractivity contribution >= 4 is 17.4 Å². The Morgan fingerprint density at radius 2 is 2.03 bits per heavy atom. The molecule has 1 aliphatic heterocycles. The highest BCUT2D eigenvalue weighted by Crippen LogP contribution is 2.34. The van der Waals surface area contributed by atoms with Crippen LogP contribution in [0.15, 0.2) is 67.4 Å². The second kappa shape index (κ2) is 10.4. The zero-order chi connectivity index (χ0) is 24.1. The van der Waals surface area contributed by atoms with Gasteiger partial charge in [-0.05, 0) is 52.8 Å². The maximum Gasteiger partial charge on any atom is 0.338 e. The van der Waals surface area contributed by atoms with Gasteiger partial charge in [-0.25, -0.2) is 14.2 Å². The Hall–Kier alpha value is -3.54. The van der Waals surface area contributed by atoms with E-state index in [0.717, 1.165) is 28.5 Å². The first kappa shape index (κ1) is 24.1. The first-order valence-electron chi connectivity index (χ1n) is 10.9. The van der Waals surface area contributed by atoms with Crippen LogP contribution in [0, 0.1) is 11.7 Å². The van der Waals surface area contributed by atoms with Crippen LogP contribution < -0.4 is 0 Å². The molecular weight excluding hydrogens is 419 g/mol. The molecule has 0 bridgehead atoms. The summed E-state index contributed by atoms with van der Waals surface area (Å²) in [6.45, 7) is 13.1. The Morgan fingerprint density at radius 1 is 1.27 bits per heavy atom. The second-order valence-electron chi connectivity index (χ2n) is 8.39. The van der Waals surface area contributed by atoms with E-state index < -0.39 is 11.8 Å². The SMILES string of the molecule is C=C/C=C(\C(=C)C(C)C)c1ccc(C2CCN(C(=O)c3ccc(F)cn3)C2)c(C(=O)OC)c1. The molecule has 33 heavy (non-hydrogen) atoms. The Morgan fingerprint density at radius 3 is 2.64 bits per heavy atom. The zero-order valence-electron chi connectivity index (χ0n) is 19.3. The second-order valence-corrected chi connectivity index (χ2v) is 8.39. The van der Waals surface area contributed by atoms with E-state index in [2.05, 4.69) is 32.0 Å². The van der Waals surface area contributed by atoms with Gasteiger partial charge < -0.3 is 9.64 Å². The number of methoxy groups -OCH3 is 1. The molecule has 172 valence electrons. The standard InChI is InChI=1S/C27H29FN2O3/c1-6-7-22(18(4)17(2)3)19-8-10-23(24(14-19)27(32)33-5)20-12-13-30(16-20)26(31)25-11-9-21(28)15-29-25/h6-11,14-15,17,20H,1,4,12-13,16H2,2-3,5H3/b22-7+. The van der Waals surface area contributed by atoms with Crippen molar-refractivity contribution in [3.8, 4) is 0 Å². The monoisotopic (exact) mass is 448 g/mol. The number of esters is 1. The lowest BCUT2D eigenvalue weighted by Crippen LogP contribution is -2.29. The van der Waals surface area contributed by atoms with Crippen molar-refractivity contribution in [2.45, 2.75) is 26.2 Å². The van der Waals surface area contributed by atoms with Crippen molar-refractivity contribution in [1.82, 2.24) is 9.88 Å². The molecule has 1 amide bonds. The number of hydrogen-bond donors (Lipinski definition) is 0. The third-order valence-electron chi connectivity index (χ3n) is 5.96. The van der Waals surface area contributed by atoms with Gasteiger partial charge in [-0.3, -0.25) is 4.79 Å². The summed E-state index contributed by atoms with van der Waals surface area (Å²) in [5, 5.41) is 0. The molecule has 5 nitrogen and oxygen atoms in total. The minimum absolute atomic E-state index is 0.0299. The van der Waals surface area contributed by atoms with Gasteiger partial charge in [0.1, 0.15) is 11.5 Å². The van der Waals surface area contributed by atoms with Crippen LogP contribution in [0.3, 0.4) is 0 Å². The van der Waals surface area contributed by atoms with Crippen LogP contribution in [0.1, 0.15) is 58.2 Å². The summed E-state index contributed by atoms with van der Waals surface area (Å²) in [5.41, 5.74) is 4.23. The molecule has 1 fully saturated rings. The number of aromatic nitrogens is 1. The van der Waals surface area contributed by atoms with Crippen LogP contribution in [0.25, 0.3) is 5.57 Å². The molecule has 0 N–H and O–H groups in total. The summed E-state index contributed by atoms with van der Waals surface area (Å²) in [5.74, 6) is -0.966. The van der Waals surface area contributed by atoms with E-state index in [1.54, 1.807) is 11.0 Å². The average Bonchev–Trinajstić information content (AvgIpc) is 3.31. The molecule has 2 heterocycles. The van der Waals surface area contributed by atoms with Crippen LogP contribution in [-0.4, -0.2) is 42.0 Å². The van der Waals surface area contributed by atoms with Crippen molar-refractivity contribution in [3.05, 3.63) is 95.6 Å². The van der Waals surface area contributed by atoms with Crippen molar-refractivity contribution < 1.29 is 18.7 Å². The molecule has 0 spiro atoms. The number of amides is 1. The lowest BCUT2D eigenvalue weighted by Gasteiger charge is -2.20. The minimum atomic E-state index is -0.487. The van der Waals surface area contributed by atoms with Gasteiger partial charge in [0.2, 0.25) is 0 Å². The zero-order valence-corrected chi connectivity index (χ0v) is 19.3. The molecule has 1 aromatic heterocycles. The molecule has 1 atom stereocenters. The molecule has 1 aliphatic rings. The summed E-state index contributed by atoms with van der Waals surface area (Å²) in [6.07, 6.45) is 5.33. The van der Waals surface area contributed by atoms with E-state index >= 15 is 0 Å². The highest BCUT2D eigenvalue weighted by molar-refractivity contribution is 5.94. The number of carbonyl (C=O) groups is 2. The van der Waals surface area contributed by atoms with Gasteiger partial charge in [0, 0.05) is 19.0 Å². The molecule has 3 rings (SSSR count). The average molecular weight is 449 g/mol. The number of rotatable bonds is 7. The largest absolute Gasteiger partial charge is 0.465 e. The number of ether oxygens (including phenoxy) is 1. The van der Waals surface area contributed by atoms with E-state index in [-0.39, 0.29) is 23.4 Å². The summed E-state index contributed by atoms with van der Waals surface area (Å²) in [4.78, 5) is 31.1. The fourth-order valence-electron chi connectivity index (χ4n) is 4.05. The quantitative estimate of drug-likeness (QED) is 0.419. The maximum atomic E-state index is 13.2. The third-order valence-corrected chi connectivity index (χ3v) is 5.96. The Balaban J connectivity index is 1.91. The number of carbonyl (C=O) groups excluding carboxylic acids is 2. The number of likely N-dealkylation sites (tertiary alicyclic amines) is 1.